The highest BCUT2D eigenvalue weighted by Crippen LogP contribution is 2.26. The van der Waals surface area contributed by atoms with E-state index in [9.17, 15) is 9.90 Å². The predicted octanol–water partition coefficient (Wildman–Crippen LogP) is 4.23. The Bertz CT molecular complexity index is 594. The van der Waals surface area contributed by atoms with Gasteiger partial charge in [-0.25, -0.2) is 4.79 Å². The summed E-state index contributed by atoms with van der Waals surface area (Å²) in [6.07, 6.45) is 2.91. The van der Waals surface area contributed by atoms with E-state index in [4.69, 9.17) is 4.74 Å². The van der Waals surface area contributed by atoms with Crippen molar-refractivity contribution in [1.82, 2.24) is 5.32 Å². The number of allylic oxidation sites excluding steroid dienone is 1. The molecule has 1 aliphatic carbocycles. The number of ether oxygens (including phenoxy) is 1. The zero-order valence-electron chi connectivity index (χ0n) is 15.0. The molecule has 0 heterocycles. The van der Waals surface area contributed by atoms with Gasteiger partial charge < -0.3 is 15.2 Å². The van der Waals surface area contributed by atoms with Crippen molar-refractivity contribution in [3.05, 3.63) is 42.0 Å². The molecular weight excluding hydrogens is 302 g/mol. The first kappa shape index (κ1) is 18.5. The average molecular weight is 331 g/mol. The minimum Gasteiger partial charge on any atom is -0.449 e. The molecule has 0 bridgehead atoms. The van der Waals surface area contributed by atoms with Crippen molar-refractivity contribution in [2.45, 2.75) is 58.1 Å². The quantitative estimate of drug-likeness (QED) is 0.849. The number of carbonyl (C=O) groups excluding carboxylic acids is 1. The first-order chi connectivity index (χ1) is 11.3. The van der Waals surface area contributed by atoms with Crippen LogP contribution in [0.4, 0.5) is 4.79 Å². The molecule has 1 aromatic rings. The van der Waals surface area contributed by atoms with Crippen molar-refractivity contribution >= 4 is 11.7 Å². The van der Waals surface area contributed by atoms with Crippen molar-refractivity contribution in [2.24, 2.45) is 5.92 Å². The minimum absolute atomic E-state index is 0.253. The van der Waals surface area contributed by atoms with Crippen LogP contribution >= 0.6 is 0 Å². The maximum atomic E-state index is 12.2. The number of benzene rings is 1. The summed E-state index contributed by atoms with van der Waals surface area (Å²) in [4.78, 5) is 12.2. The van der Waals surface area contributed by atoms with Crippen molar-refractivity contribution in [1.29, 1.82) is 0 Å². The predicted molar refractivity (Wildman–Crippen MR) is 96.6 cm³/mol. The third-order valence-electron chi connectivity index (χ3n) is 4.70. The first-order valence-electron chi connectivity index (χ1n) is 8.67. The molecule has 0 aliphatic heterocycles. The van der Waals surface area contributed by atoms with Crippen LogP contribution in [0.3, 0.4) is 0 Å². The molecule has 2 unspecified atom stereocenters. The maximum Gasteiger partial charge on any atom is 0.407 e. The van der Waals surface area contributed by atoms with Gasteiger partial charge in [0.15, 0.2) is 0 Å². The van der Waals surface area contributed by atoms with Crippen LogP contribution in [0.1, 0.15) is 57.6 Å². The second-order valence-corrected chi connectivity index (χ2v) is 7.40. The van der Waals surface area contributed by atoms with Crippen molar-refractivity contribution in [2.75, 3.05) is 6.61 Å². The maximum absolute atomic E-state index is 12.2. The molecule has 1 fully saturated rings. The third kappa shape index (κ3) is 5.10. The summed E-state index contributed by atoms with van der Waals surface area (Å²) in [5.74, 6) is 0.259. The molecule has 2 atom stereocenters. The summed E-state index contributed by atoms with van der Waals surface area (Å²) in [6.45, 7) is 10.2. The molecule has 1 aromatic carbocycles. The topological polar surface area (TPSA) is 58.6 Å². The standard InChI is InChI=1S/C20H29NO3/c1-14(2)16-8-6-9-17(12-16)20(3,4)21-19(23)24-13-15-7-5-10-18(22)11-15/h6,8-9,12,15,18,22H,1,5,7,10-11,13H2,2-4H3,(H,21,23). The van der Waals surface area contributed by atoms with Gasteiger partial charge in [0, 0.05) is 0 Å². The lowest BCUT2D eigenvalue weighted by Gasteiger charge is -2.29. The summed E-state index contributed by atoms with van der Waals surface area (Å²) in [6, 6.07) is 8.01. The molecule has 2 N–H and O–H groups in total. The van der Waals surface area contributed by atoms with Gasteiger partial charge in [-0.05, 0) is 63.1 Å². The highest BCUT2D eigenvalue weighted by Gasteiger charge is 2.26. The Hall–Kier alpha value is -1.81. The van der Waals surface area contributed by atoms with E-state index in [2.05, 4.69) is 11.9 Å². The van der Waals surface area contributed by atoms with E-state index in [1.165, 1.54) is 0 Å². The number of carbonyl (C=O) groups is 1. The zero-order valence-corrected chi connectivity index (χ0v) is 15.0. The monoisotopic (exact) mass is 331 g/mol. The van der Waals surface area contributed by atoms with Gasteiger partial charge in [-0.15, -0.1) is 0 Å². The number of aliphatic hydroxyl groups excluding tert-OH is 1. The Kier molecular flexibility index (Phi) is 6.05. The molecule has 0 radical (unpaired) electrons. The van der Waals surface area contributed by atoms with E-state index in [0.29, 0.717) is 6.61 Å². The Morgan fingerprint density at radius 2 is 2.17 bits per heavy atom. The average Bonchev–Trinajstić information content (AvgIpc) is 2.53. The SMILES string of the molecule is C=C(C)c1cccc(C(C)(C)NC(=O)OCC2CCCC(O)C2)c1. The number of rotatable bonds is 5. The highest BCUT2D eigenvalue weighted by atomic mass is 16.5. The fourth-order valence-corrected chi connectivity index (χ4v) is 3.14. The van der Waals surface area contributed by atoms with E-state index in [1.807, 2.05) is 45.0 Å². The first-order valence-corrected chi connectivity index (χ1v) is 8.67. The third-order valence-corrected chi connectivity index (χ3v) is 4.70. The van der Waals surface area contributed by atoms with Crippen LogP contribution in [0.5, 0.6) is 0 Å². The molecule has 2 rings (SSSR count). The normalized spacial score (nSPS) is 21.2. The fourth-order valence-electron chi connectivity index (χ4n) is 3.14. The Morgan fingerprint density at radius 3 is 2.83 bits per heavy atom. The number of nitrogens with one attached hydrogen (secondary N) is 1. The molecule has 1 saturated carbocycles. The molecule has 1 amide bonds. The molecule has 24 heavy (non-hydrogen) atoms. The lowest BCUT2D eigenvalue weighted by atomic mass is 9.88. The number of alkyl carbamates (subject to hydrolysis) is 1. The molecule has 132 valence electrons. The van der Waals surface area contributed by atoms with E-state index < -0.39 is 11.6 Å². The molecule has 0 aromatic heterocycles. The van der Waals surface area contributed by atoms with E-state index in [-0.39, 0.29) is 12.0 Å². The smallest absolute Gasteiger partial charge is 0.407 e. The number of hydrogen-bond acceptors (Lipinski definition) is 3. The second-order valence-electron chi connectivity index (χ2n) is 7.40. The molecule has 0 spiro atoms. The molecule has 4 heteroatoms. The molecule has 4 nitrogen and oxygen atoms in total. The van der Waals surface area contributed by atoms with Crippen LogP contribution in [-0.2, 0) is 10.3 Å². The fraction of sp³-hybridized carbons (Fsp3) is 0.550. The van der Waals surface area contributed by atoms with Crippen molar-refractivity contribution in [3.8, 4) is 0 Å². The number of aliphatic hydroxyl groups is 1. The van der Waals surface area contributed by atoms with E-state index in [0.717, 1.165) is 42.4 Å². The van der Waals surface area contributed by atoms with Crippen LogP contribution in [-0.4, -0.2) is 23.9 Å². The summed E-state index contributed by atoms with van der Waals surface area (Å²) in [7, 11) is 0. The van der Waals surface area contributed by atoms with Gasteiger partial charge in [-0.2, -0.15) is 0 Å². The minimum atomic E-state index is -0.533. The van der Waals surface area contributed by atoms with Crippen LogP contribution in [0, 0.1) is 5.92 Å². The molecule has 0 saturated heterocycles. The van der Waals surface area contributed by atoms with Gasteiger partial charge in [0.25, 0.3) is 0 Å². The van der Waals surface area contributed by atoms with Gasteiger partial charge in [0.1, 0.15) is 0 Å². The molecular formula is C20H29NO3. The van der Waals surface area contributed by atoms with Crippen LogP contribution in [0.25, 0.3) is 5.57 Å². The summed E-state index contributed by atoms with van der Waals surface area (Å²) >= 11 is 0. The van der Waals surface area contributed by atoms with Crippen LogP contribution < -0.4 is 5.32 Å². The highest BCUT2D eigenvalue weighted by molar-refractivity contribution is 5.69. The summed E-state index contributed by atoms with van der Waals surface area (Å²) < 4.78 is 5.39. The summed E-state index contributed by atoms with van der Waals surface area (Å²) in [5.41, 5.74) is 2.53. The van der Waals surface area contributed by atoms with Gasteiger partial charge >= 0.3 is 6.09 Å². The lowest BCUT2D eigenvalue weighted by Crippen LogP contribution is -2.42. The summed E-state index contributed by atoms with van der Waals surface area (Å²) in [5, 5.41) is 12.6. The number of hydrogen-bond donors (Lipinski definition) is 2. The van der Waals surface area contributed by atoms with Crippen LogP contribution in [0.2, 0.25) is 0 Å². The van der Waals surface area contributed by atoms with Crippen molar-refractivity contribution in [3.63, 3.8) is 0 Å². The largest absolute Gasteiger partial charge is 0.449 e. The zero-order chi connectivity index (χ0) is 17.7. The Labute approximate surface area is 144 Å². The lowest BCUT2D eigenvalue weighted by molar-refractivity contribution is 0.0605. The van der Waals surface area contributed by atoms with Gasteiger partial charge in [0.2, 0.25) is 0 Å². The number of amides is 1. The van der Waals surface area contributed by atoms with E-state index in [1.54, 1.807) is 0 Å². The van der Waals surface area contributed by atoms with Gasteiger partial charge in [-0.1, -0.05) is 36.8 Å². The van der Waals surface area contributed by atoms with Crippen molar-refractivity contribution < 1.29 is 14.6 Å². The van der Waals surface area contributed by atoms with Gasteiger partial charge in [-0.3, -0.25) is 0 Å². The van der Waals surface area contributed by atoms with Crippen LogP contribution in [0.15, 0.2) is 30.8 Å². The van der Waals surface area contributed by atoms with E-state index >= 15 is 0 Å². The second kappa shape index (κ2) is 7.84. The van der Waals surface area contributed by atoms with Gasteiger partial charge in [0.05, 0.1) is 18.2 Å². The Balaban J connectivity index is 1.91. The molecule has 1 aliphatic rings. The Morgan fingerprint density at radius 1 is 1.42 bits per heavy atom.